The zero-order valence-electron chi connectivity index (χ0n) is 11.1. The summed E-state index contributed by atoms with van der Waals surface area (Å²) in [7, 11) is 3.32. The second-order valence-corrected chi connectivity index (χ2v) is 5.00. The van der Waals surface area contributed by atoms with E-state index in [1.54, 1.807) is 32.8 Å². The first-order chi connectivity index (χ1) is 8.54. The number of nitrogens with one attached hydrogen (secondary N) is 2. The van der Waals surface area contributed by atoms with Crippen molar-refractivity contribution in [3.8, 4) is 5.75 Å². The molecule has 7 heteroatoms. The highest BCUT2D eigenvalue weighted by molar-refractivity contribution is 7.98. The highest BCUT2D eigenvalue weighted by atomic mass is 32.2. The summed E-state index contributed by atoms with van der Waals surface area (Å²) in [6, 6.07) is 0. The van der Waals surface area contributed by atoms with Crippen molar-refractivity contribution >= 4 is 23.4 Å². The first kappa shape index (κ1) is 14.8. The van der Waals surface area contributed by atoms with Crippen LogP contribution in [0.15, 0.2) is 6.33 Å². The van der Waals surface area contributed by atoms with Gasteiger partial charge in [-0.2, -0.15) is 11.8 Å². The van der Waals surface area contributed by atoms with E-state index in [1.165, 1.54) is 6.33 Å². The van der Waals surface area contributed by atoms with E-state index in [4.69, 9.17) is 4.74 Å². The van der Waals surface area contributed by atoms with Gasteiger partial charge >= 0.3 is 0 Å². The Morgan fingerprint density at radius 2 is 2.11 bits per heavy atom. The molecule has 6 nitrogen and oxygen atoms in total. The Morgan fingerprint density at radius 1 is 1.44 bits per heavy atom. The maximum absolute atomic E-state index is 10.1. The fraction of sp³-hybridized carbons (Fsp3) is 0.636. The van der Waals surface area contributed by atoms with Crippen LogP contribution in [0.5, 0.6) is 5.75 Å². The zero-order valence-corrected chi connectivity index (χ0v) is 12.0. The van der Waals surface area contributed by atoms with Gasteiger partial charge in [0, 0.05) is 19.3 Å². The van der Waals surface area contributed by atoms with Gasteiger partial charge < -0.3 is 20.5 Å². The van der Waals surface area contributed by atoms with E-state index in [2.05, 4.69) is 20.6 Å². The average molecular weight is 272 g/mol. The number of ether oxygens (including phenoxy) is 1. The molecule has 0 aliphatic carbocycles. The lowest BCUT2D eigenvalue weighted by molar-refractivity contribution is 0.0995. The monoisotopic (exact) mass is 272 g/mol. The lowest BCUT2D eigenvalue weighted by atomic mass is 10.1. The Labute approximate surface area is 112 Å². The largest absolute Gasteiger partial charge is 0.490 e. The van der Waals surface area contributed by atoms with E-state index in [0.717, 1.165) is 0 Å². The van der Waals surface area contributed by atoms with Crippen LogP contribution in [0.2, 0.25) is 0 Å². The molecule has 0 spiro atoms. The number of hydrogen-bond donors (Lipinski definition) is 3. The number of hydrogen-bond acceptors (Lipinski definition) is 7. The maximum atomic E-state index is 10.1. The predicted molar refractivity (Wildman–Crippen MR) is 75.6 cm³/mol. The Morgan fingerprint density at radius 3 is 2.67 bits per heavy atom. The fourth-order valence-corrected chi connectivity index (χ4v) is 2.23. The molecule has 102 valence electrons. The van der Waals surface area contributed by atoms with Gasteiger partial charge in [-0.05, 0) is 13.2 Å². The van der Waals surface area contributed by atoms with Gasteiger partial charge in [0.05, 0.1) is 12.7 Å². The summed E-state index contributed by atoms with van der Waals surface area (Å²) in [5.74, 6) is 2.37. The Bertz CT molecular complexity index is 387. The summed E-state index contributed by atoms with van der Waals surface area (Å²) in [4.78, 5) is 8.17. The molecule has 0 fully saturated rings. The molecule has 0 aliphatic heterocycles. The molecule has 1 aromatic rings. The number of anilines is 2. The molecule has 0 saturated heterocycles. The maximum Gasteiger partial charge on any atom is 0.204 e. The topological polar surface area (TPSA) is 79.3 Å². The molecule has 1 aromatic heterocycles. The molecular formula is C11H20N4O2S. The molecule has 1 heterocycles. The molecule has 1 unspecified atom stereocenters. The molecular weight excluding hydrogens is 252 g/mol. The van der Waals surface area contributed by atoms with Crippen LogP contribution in [0.4, 0.5) is 11.6 Å². The van der Waals surface area contributed by atoms with Crippen LogP contribution in [-0.2, 0) is 0 Å². The highest BCUT2D eigenvalue weighted by Crippen LogP contribution is 2.28. The minimum Gasteiger partial charge on any atom is -0.490 e. The Kier molecular flexibility index (Phi) is 5.49. The zero-order chi connectivity index (χ0) is 13.6. The standard InChI is InChI=1S/C11H20N4O2S/c1-11(16,6-18-4)5-13-10-8(17-3)9(12-2)14-7-15-10/h7,16H,5-6H2,1-4H3,(H2,12,13,14,15). The third-order valence-electron chi connectivity index (χ3n) is 2.34. The first-order valence-electron chi connectivity index (χ1n) is 5.56. The van der Waals surface area contributed by atoms with E-state index >= 15 is 0 Å². The Hall–Kier alpha value is -1.21. The summed E-state index contributed by atoms with van der Waals surface area (Å²) in [5.41, 5.74) is -0.796. The minimum absolute atomic E-state index is 0.393. The predicted octanol–water partition coefficient (Wildman–Crippen LogP) is 1.05. The van der Waals surface area contributed by atoms with E-state index in [0.29, 0.717) is 29.7 Å². The SMILES string of the molecule is CNc1ncnc(NCC(C)(O)CSC)c1OC. The normalized spacial score (nSPS) is 13.8. The van der Waals surface area contributed by atoms with Crippen LogP contribution in [0.3, 0.4) is 0 Å². The lowest BCUT2D eigenvalue weighted by Crippen LogP contribution is -2.36. The molecule has 0 radical (unpaired) electrons. The fourth-order valence-electron chi connectivity index (χ4n) is 1.51. The van der Waals surface area contributed by atoms with Crippen molar-refractivity contribution in [2.75, 3.05) is 43.3 Å². The summed E-state index contributed by atoms with van der Waals surface area (Å²) >= 11 is 1.59. The molecule has 3 N–H and O–H groups in total. The molecule has 0 aliphatic rings. The van der Waals surface area contributed by atoms with E-state index in [1.807, 2.05) is 6.26 Å². The number of nitrogens with zero attached hydrogens (tertiary/aromatic N) is 2. The van der Waals surface area contributed by atoms with Crippen LogP contribution >= 0.6 is 11.8 Å². The van der Waals surface area contributed by atoms with Crippen LogP contribution < -0.4 is 15.4 Å². The number of methoxy groups -OCH3 is 1. The van der Waals surface area contributed by atoms with Crippen molar-refractivity contribution in [2.45, 2.75) is 12.5 Å². The Balaban J connectivity index is 2.78. The smallest absolute Gasteiger partial charge is 0.204 e. The minimum atomic E-state index is -0.796. The van der Waals surface area contributed by atoms with Gasteiger partial charge in [0.1, 0.15) is 6.33 Å². The van der Waals surface area contributed by atoms with Crippen molar-refractivity contribution in [2.24, 2.45) is 0 Å². The van der Waals surface area contributed by atoms with Crippen molar-refractivity contribution in [1.29, 1.82) is 0 Å². The van der Waals surface area contributed by atoms with Gasteiger partial charge in [0.25, 0.3) is 0 Å². The molecule has 18 heavy (non-hydrogen) atoms. The molecule has 0 bridgehead atoms. The molecule has 0 saturated carbocycles. The third-order valence-corrected chi connectivity index (χ3v) is 3.25. The lowest BCUT2D eigenvalue weighted by Gasteiger charge is -2.23. The van der Waals surface area contributed by atoms with Crippen LogP contribution in [-0.4, -0.2) is 53.4 Å². The van der Waals surface area contributed by atoms with E-state index < -0.39 is 5.60 Å². The summed E-state index contributed by atoms with van der Waals surface area (Å²) < 4.78 is 5.26. The van der Waals surface area contributed by atoms with Crippen molar-refractivity contribution in [3.05, 3.63) is 6.33 Å². The van der Waals surface area contributed by atoms with Crippen LogP contribution in [0.25, 0.3) is 0 Å². The van der Waals surface area contributed by atoms with E-state index in [9.17, 15) is 5.11 Å². The van der Waals surface area contributed by atoms with Gasteiger partial charge in [-0.15, -0.1) is 0 Å². The number of rotatable bonds is 7. The quantitative estimate of drug-likeness (QED) is 0.684. The van der Waals surface area contributed by atoms with Gasteiger partial charge in [0.2, 0.25) is 5.75 Å². The van der Waals surface area contributed by atoms with Crippen LogP contribution in [0.1, 0.15) is 6.92 Å². The van der Waals surface area contributed by atoms with E-state index in [-0.39, 0.29) is 0 Å². The number of thioether (sulfide) groups is 1. The van der Waals surface area contributed by atoms with Crippen molar-refractivity contribution in [1.82, 2.24) is 9.97 Å². The number of aliphatic hydroxyl groups is 1. The molecule has 1 rings (SSSR count). The summed E-state index contributed by atoms with van der Waals surface area (Å²) in [5, 5.41) is 16.1. The highest BCUT2D eigenvalue weighted by Gasteiger charge is 2.21. The second-order valence-electron chi connectivity index (χ2n) is 4.14. The summed E-state index contributed by atoms with van der Waals surface area (Å²) in [6.45, 7) is 2.17. The van der Waals surface area contributed by atoms with Gasteiger partial charge in [-0.25, -0.2) is 9.97 Å². The van der Waals surface area contributed by atoms with Gasteiger partial charge in [-0.3, -0.25) is 0 Å². The molecule has 0 amide bonds. The average Bonchev–Trinajstić information content (AvgIpc) is 2.35. The molecule has 1 atom stereocenters. The third kappa shape index (κ3) is 3.92. The van der Waals surface area contributed by atoms with Gasteiger partial charge in [-0.1, -0.05) is 0 Å². The second kappa shape index (κ2) is 6.65. The number of aromatic nitrogens is 2. The van der Waals surface area contributed by atoms with Crippen LogP contribution in [0, 0.1) is 0 Å². The van der Waals surface area contributed by atoms with Crippen molar-refractivity contribution < 1.29 is 9.84 Å². The summed E-state index contributed by atoms with van der Waals surface area (Å²) in [6.07, 6.45) is 3.40. The first-order valence-corrected chi connectivity index (χ1v) is 6.95. The van der Waals surface area contributed by atoms with Crippen molar-refractivity contribution in [3.63, 3.8) is 0 Å². The van der Waals surface area contributed by atoms with Gasteiger partial charge in [0.15, 0.2) is 11.6 Å². The molecule has 0 aromatic carbocycles.